The van der Waals surface area contributed by atoms with Crippen molar-refractivity contribution < 1.29 is 13.2 Å². The van der Waals surface area contributed by atoms with Gasteiger partial charge in [-0.05, 0) is 36.4 Å². The van der Waals surface area contributed by atoms with Gasteiger partial charge in [0.2, 0.25) is 0 Å². The molecule has 0 saturated heterocycles. The quantitative estimate of drug-likeness (QED) is 0.734. The van der Waals surface area contributed by atoms with E-state index < -0.39 is 10.0 Å². The van der Waals surface area contributed by atoms with Gasteiger partial charge in [0.15, 0.2) is 0 Å². The molecule has 25 heavy (non-hydrogen) atoms. The molecule has 0 unspecified atom stereocenters. The van der Waals surface area contributed by atoms with Gasteiger partial charge in [0.25, 0.3) is 10.0 Å². The number of hydrogen-bond acceptors (Lipinski definition) is 4. The summed E-state index contributed by atoms with van der Waals surface area (Å²) in [7, 11) is -3.66. The Morgan fingerprint density at radius 2 is 1.72 bits per heavy atom. The Morgan fingerprint density at radius 3 is 2.40 bits per heavy atom. The zero-order valence-electron chi connectivity index (χ0n) is 13.7. The lowest BCUT2D eigenvalue weighted by Crippen LogP contribution is -2.39. The van der Waals surface area contributed by atoms with Crippen LogP contribution in [0.25, 0.3) is 0 Å². The Labute approximate surface area is 151 Å². The monoisotopic (exact) mass is 379 g/mol. The fraction of sp³-hybridized carbons (Fsp3) is 0.353. The smallest absolute Gasteiger partial charge is 0.319 e. The van der Waals surface area contributed by atoms with Gasteiger partial charge in [-0.25, -0.2) is 13.2 Å². The lowest BCUT2D eigenvalue weighted by Gasteiger charge is -2.23. The summed E-state index contributed by atoms with van der Waals surface area (Å²) in [5, 5.41) is 7.42. The Bertz CT molecular complexity index is 813. The highest BCUT2D eigenvalue weighted by molar-refractivity contribution is 7.94. The van der Waals surface area contributed by atoms with Gasteiger partial charge in [-0.3, -0.25) is 4.72 Å². The average molecular weight is 380 g/mol. The first-order valence-corrected chi connectivity index (χ1v) is 10.6. The second-order valence-corrected chi connectivity index (χ2v) is 8.87. The highest BCUT2D eigenvalue weighted by atomic mass is 32.2. The highest BCUT2D eigenvalue weighted by Gasteiger charge is 2.19. The van der Waals surface area contributed by atoms with Crippen molar-refractivity contribution in [3.8, 4) is 0 Å². The molecule has 3 N–H and O–H groups in total. The number of urea groups is 1. The average Bonchev–Trinajstić information content (AvgIpc) is 3.13. The van der Waals surface area contributed by atoms with Crippen molar-refractivity contribution in [2.24, 2.45) is 0 Å². The number of anilines is 2. The first-order chi connectivity index (χ1) is 12.0. The predicted octanol–water partition coefficient (Wildman–Crippen LogP) is 4.00. The second-order valence-electron chi connectivity index (χ2n) is 6.02. The van der Waals surface area contributed by atoms with Gasteiger partial charge < -0.3 is 10.6 Å². The third kappa shape index (κ3) is 4.73. The van der Waals surface area contributed by atoms with Gasteiger partial charge in [-0.1, -0.05) is 37.5 Å². The zero-order chi connectivity index (χ0) is 17.7. The number of nitrogens with one attached hydrogen (secondary N) is 3. The molecule has 1 aromatic heterocycles. The summed E-state index contributed by atoms with van der Waals surface area (Å²) in [5.74, 6) is 0. The number of rotatable bonds is 5. The minimum Gasteiger partial charge on any atom is -0.335 e. The number of hydrogen-bond donors (Lipinski definition) is 3. The largest absolute Gasteiger partial charge is 0.335 e. The van der Waals surface area contributed by atoms with E-state index in [-0.39, 0.29) is 16.3 Å². The lowest BCUT2D eigenvalue weighted by atomic mass is 9.96. The van der Waals surface area contributed by atoms with E-state index in [1.807, 2.05) is 0 Å². The van der Waals surface area contributed by atoms with Crippen molar-refractivity contribution in [2.75, 3.05) is 10.0 Å². The molecule has 0 radical (unpaired) electrons. The molecule has 8 heteroatoms. The number of amides is 2. The molecule has 3 rings (SSSR count). The van der Waals surface area contributed by atoms with Gasteiger partial charge in [-0.2, -0.15) is 0 Å². The highest BCUT2D eigenvalue weighted by Crippen LogP contribution is 2.26. The Morgan fingerprint density at radius 1 is 1.00 bits per heavy atom. The summed E-state index contributed by atoms with van der Waals surface area (Å²) in [6.07, 6.45) is 5.44. The molecule has 0 atom stereocenters. The van der Waals surface area contributed by atoms with Crippen LogP contribution in [0.3, 0.4) is 0 Å². The number of carbonyl (C=O) groups excluding carboxylic acids is 1. The van der Waals surface area contributed by atoms with Crippen molar-refractivity contribution in [1.82, 2.24) is 5.32 Å². The summed E-state index contributed by atoms with van der Waals surface area (Å²) < 4.78 is 27.5. The molecular formula is C17H21N3O3S2. The van der Waals surface area contributed by atoms with E-state index >= 15 is 0 Å². The Hall–Kier alpha value is -2.06. The molecule has 2 aromatic rings. The van der Waals surface area contributed by atoms with Crippen LogP contribution in [0.2, 0.25) is 0 Å². The molecule has 1 heterocycles. The summed E-state index contributed by atoms with van der Waals surface area (Å²) in [6, 6.07) is 9.86. The number of carbonyl (C=O) groups is 1. The topological polar surface area (TPSA) is 87.3 Å². The van der Waals surface area contributed by atoms with Crippen molar-refractivity contribution >= 4 is 38.8 Å². The van der Waals surface area contributed by atoms with Crippen LogP contribution in [-0.2, 0) is 10.0 Å². The van der Waals surface area contributed by atoms with Gasteiger partial charge >= 0.3 is 6.03 Å². The van der Waals surface area contributed by atoms with Crippen LogP contribution in [0.15, 0.2) is 46.0 Å². The van der Waals surface area contributed by atoms with Crippen LogP contribution in [0.5, 0.6) is 0 Å². The lowest BCUT2D eigenvalue weighted by molar-refractivity contribution is 0.244. The fourth-order valence-electron chi connectivity index (χ4n) is 2.88. The predicted molar refractivity (Wildman–Crippen MR) is 101 cm³/mol. The van der Waals surface area contributed by atoms with Crippen LogP contribution in [0.1, 0.15) is 32.1 Å². The van der Waals surface area contributed by atoms with Crippen molar-refractivity contribution in [3.05, 3.63) is 41.8 Å². The van der Waals surface area contributed by atoms with Gasteiger partial charge in [0, 0.05) is 6.04 Å². The molecule has 1 aliphatic carbocycles. The molecule has 0 aliphatic heterocycles. The van der Waals surface area contributed by atoms with Crippen LogP contribution in [-0.4, -0.2) is 20.5 Å². The van der Waals surface area contributed by atoms with E-state index in [0.29, 0.717) is 11.4 Å². The number of para-hydroxylation sites is 2. The molecule has 1 saturated carbocycles. The molecule has 6 nitrogen and oxygen atoms in total. The fourth-order valence-corrected chi connectivity index (χ4v) is 4.96. The molecule has 0 spiro atoms. The standard InChI is InChI=1S/C17H21N3O3S2/c21-17(18-13-7-2-1-3-8-13)19-14-9-4-5-10-15(14)20-25(22,23)16-11-6-12-24-16/h4-6,9-13,20H,1-3,7-8H2,(H2,18,19,21). The van der Waals surface area contributed by atoms with E-state index in [0.717, 1.165) is 37.0 Å². The van der Waals surface area contributed by atoms with Crippen molar-refractivity contribution in [1.29, 1.82) is 0 Å². The molecular weight excluding hydrogens is 358 g/mol. The first kappa shape index (κ1) is 17.8. The van der Waals surface area contributed by atoms with Crippen LogP contribution in [0, 0.1) is 0 Å². The van der Waals surface area contributed by atoms with Crippen LogP contribution in [0.4, 0.5) is 16.2 Å². The van der Waals surface area contributed by atoms with Crippen LogP contribution >= 0.6 is 11.3 Å². The first-order valence-electron chi connectivity index (χ1n) is 8.27. The summed E-state index contributed by atoms with van der Waals surface area (Å²) in [4.78, 5) is 12.2. The van der Waals surface area contributed by atoms with Gasteiger partial charge in [0.05, 0.1) is 11.4 Å². The Balaban J connectivity index is 1.69. The molecule has 1 aliphatic rings. The van der Waals surface area contributed by atoms with Crippen molar-refractivity contribution in [2.45, 2.75) is 42.4 Å². The maximum absolute atomic E-state index is 12.4. The third-order valence-electron chi connectivity index (χ3n) is 4.12. The molecule has 134 valence electrons. The number of benzene rings is 1. The molecule has 2 amide bonds. The molecule has 1 aromatic carbocycles. The maximum Gasteiger partial charge on any atom is 0.319 e. The summed E-state index contributed by atoms with van der Waals surface area (Å²) >= 11 is 1.14. The van der Waals surface area contributed by atoms with E-state index in [1.165, 1.54) is 6.42 Å². The third-order valence-corrected chi connectivity index (χ3v) is 6.88. The van der Waals surface area contributed by atoms with Gasteiger partial charge in [0.1, 0.15) is 4.21 Å². The minimum atomic E-state index is -3.66. The van der Waals surface area contributed by atoms with E-state index in [1.54, 1.807) is 41.8 Å². The molecule has 1 fully saturated rings. The van der Waals surface area contributed by atoms with Crippen LogP contribution < -0.4 is 15.4 Å². The van der Waals surface area contributed by atoms with Crippen molar-refractivity contribution in [3.63, 3.8) is 0 Å². The zero-order valence-corrected chi connectivity index (χ0v) is 15.3. The normalized spacial score (nSPS) is 15.5. The number of thiophene rings is 1. The minimum absolute atomic E-state index is 0.184. The maximum atomic E-state index is 12.4. The summed E-state index contributed by atoms with van der Waals surface area (Å²) in [5.41, 5.74) is 0.769. The summed E-state index contributed by atoms with van der Waals surface area (Å²) in [6.45, 7) is 0. The van der Waals surface area contributed by atoms with E-state index in [4.69, 9.17) is 0 Å². The van der Waals surface area contributed by atoms with E-state index in [9.17, 15) is 13.2 Å². The number of sulfonamides is 1. The second kappa shape index (κ2) is 7.88. The van der Waals surface area contributed by atoms with Gasteiger partial charge in [-0.15, -0.1) is 11.3 Å². The SMILES string of the molecule is O=C(Nc1ccccc1NS(=O)(=O)c1cccs1)NC1CCCCC1. The Kier molecular flexibility index (Phi) is 5.60. The molecule has 0 bridgehead atoms. The van der Waals surface area contributed by atoms with E-state index in [2.05, 4.69) is 15.4 Å².